The van der Waals surface area contributed by atoms with Crippen LogP contribution in [0.25, 0.3) is 0 Å². The SMILES string of the molecule is OCC1(NCc2ccc(O)cn2)CCCC1. The largest absolute Gasteiger partial charge is 0.506 e. The molecule has 1 fully saturated rings. The molecule has 4 heteroatoms. The Morgan fingerprint density at radius 1 is 1.31 bits per heavy atom. The number of nitrogens with zero attached hydrogens (tertiary/aromatic N) is 1. The lowest BCUT2D eigenvalue weighted by Gasteiger charge is -2.27. The number of hydrogen-bond donors (Lipinski definition) is 3. The Labute approximate surface area is 95.3 Å². The third-order valence-electron chi connectivity index (χ3n) is 3.32. The average Bonchev–Trinajstić information content (AvgIpc) is 2.78. The van der Waals surface area contributed by atoms with Gasteiger partial charge >= 0.3 is 0 Å². The minimum atomic E-state index is -0.112. The van der Waals surface area contributed by atoms with Gasteiger partial charge in [-0.15, -0.1) is 0 Å². The minimum absolute atomic E-state index is 0.112. The summed E-state index contributed by atoms with van der Waals surface area (Å²) >= 11 is 0. The molecule has 88 valence electrons. The molecule has 1 aromatic rings. The molecule has 1 aliphatic rings. The topological polar surface area (TPSA) is 65.4 Å². The molecule has 0 atom stereocenters. The van der Waals surface area contributed by atoms with Gasteiger partial charge in [0.05, 0.1) is 18.5 Å². The first-order chi connectivity index (χ1) is 7.74. The lowest BCUT2D eigenvalue weighted by molar-refractivity contribution is 0.162. The molecule has 0 bridgehead atoms. The van der Waals surface area contributed by atoms with Crippen LogP contribution in [-0.2, 0) is 6.54 Å². The summed E-state index contributed by atoms with van der Waals surface area (Å²) in [5.74, 6) is 0.182. The lowest BCUT2D eigenvalue weighted by Crippen LogP contribution is -2.45. The number of pyridine rings is 1. The summed E-state index contributed by atoms with van der Waals surface area (Å²) in [7, 11) is 0. The fraction of sp³-hybridized carbons (Fsp3) is 0.583. The standard InChI is InChI=1S/C12H18N2O2/c15-9-12(5-1-2-6-12)14-7-10-3-4-11(16)8-13-10/h3-4,8,14-16H,1-2,5-7,9H2. The second-order valence-corrected chi connectivity index (χ2v) is 4.51. The summed E-state index contributed by atoms with van der Waals surface area (Å²) in [4.78, 5) is 4.11. The first-order valence-electron chi connectivity index (χ1n) is 5.74. The predicted octanol–water partition coefficient (Wildman–Crippen LogP) is 1.18. The Morgan fingerprint density at radius 3 is 2.62 bits per heavy atom. The summed E-state index contributed by atoms with van der Waals surface area (Å²) in [5, 5.41) is 21.9. The molecule has 0 saturated heterocycles. The molecule has 1 aromatic heterocycles. The van der Waals surface area contributed by atoms with E-state index in [0.29, 0.717) is 6.54 Å². The molecule has 16 heavy (non-hydrogen) atoms. The van der Waals surface area contributed by atoms with Gasteiger partial charge in [-0.05, 0) is 25.0 Å². The van der Waals surface area contributed by atoms with E-state index < -0.39 is 0 Å². The highest BCUT2D eigenvalue weighted by molar-refractivity contribution is 5.18. The van der Waals surface area contributed by atoms with E-state index in [0.717, 1.165) is 18.5 Å². The Kier molecular flexibility index (Phi) is 3.41. The first-order valence-corrected chi connectivity index (χ1v) is 5.74. The second-order valence-electron chi connectivity index (χ2n) is 4.51. The van der Waals surface area contributed by atoms with Gasteiger partial charge in [0.25, 0.3) is 0 Å². The minimum Gasteiger partial charge on any atom is -0.506 e. The van der Waals surface area contributed by atoms with Crippen molar-refractivity contribution in [3.63, 3.8) is 0 Å². The fourth-order valence-electron chi connectivity index (χ4n) is 2.24. The number of aromatic nitrogens is 1. The smallest absolute Gasteiger partial charge is 0.133 e. The highest BCUT2D eigenvalue weighted by Gasteiger charge is 2.32. The van der Waals surface area contributed by atoms with Gasteiger partial charge in [-0.2, -0.15) is 0 Å². The van der Waals surface area contributed by atoms with Crippen molar-refractivity contribution in [1.82, 2.24) is 10.3 Å². The van der Waals surface area contributed by atoms with Crippen LogP contribution in [0.4, 0.5) is 0 Å². The van der Waals surface area contributed by atoms with Crippen LogP contribution in [0.3, 0.4) is 0 Å². The van der Waals surface area contributed by atoms with Crippen molar-refractivity contribution >= 4 is 0 Å². The summed E-state index contributed by atoms with van der Waals surface area (Å²) in [5.41, 5.74) is 0.775. The number of rotatable bonds is 4. The zero-order valence-corrected chi connectivity index (χ0v) is 9.32. The highest BCUT2D eigenvalue weighted by Crippen LogP contribution is 2.29. The van der Waals surface area contributed by atoms with Gasteiger partial charge in [-0.25, -0.2) is 0 Å². The maximum absolute atomic E-state index is 9.42. The van der Waals surface area contributed by atoms with Crippen LogP contribution < -0.4 is 5.32 Å². The highest BCUT2D eigenvalue weighted by atomic mass is 16.3. The lowest BCUT2D eigenvalue weighted by atomic mass is 9.99. The molecule has 2 rings (SSSR count). The molecule has 0 spiro atoms. The van der Waals surface area contributed by atoms with E-state index in [2.05, 4.69) is 10.3 Å². The predicted molar refractivity (Wildman–Crippen MR) is 61.0 cm³/mol. The molecule has 0 aromatic carbocycles. The van der Waals surface area contributed by atoms with Crippen LogP contribution in [-0.4, -0.2) is 27.3 Å². The molecule has 0 unspecified atom stereocenters. The van der Waals surface area contributed by atoms with E-state index in [-0.39, 0.29) is 17.9 Å². The Hall–Kier alpha value is -1.13. The van der Waals surface area contributed by atoms with Crippen LogP contribution in [0.15, 0.2) is 18.3 Å². The molecular weight excluding hydrogens is 204 g/mol. The molecule has 0 aliphatic heterocycles. The van der Waals surface area contributed by atoms with Crippen molar-refractivity contribution in [1.29, 1.82) is 0 Å². The zero-order valence-electron chi connectivity index (χ0n) is 9.32. The van der Waals surface area contributed by atoms with Gasteiger partial charge in [-0.1, -0.05) is 12.8 Å². The Bertz CT molecular complexity index is 331. The van der Waals surface area contributed by atoms with Gasteiger partial charge in [0.1, 0.15) is 5.75 Å². The van der Waals surface area contributed by atoms with E-state index in [9.17, 15) is 5.11 Å². The van der Waals surface area contributed by atoms with Crippen molar-refractivity contribution in [2.75, 3.05) is 6.61 Å². The van der Waals surface area contributed by atoms with Crippen molar-refractivity contribution in [2.24, 2.45) is 0 Å². The molecule has 0 radical (unpaired) electrons. The van der Waals surface area contributed by atoms with Crippen molar-refractivity contribution in [3.8, 4) is 5.75 Å². The number of hydrogen-bond acceptors (Lipinski definition) is 4. The molecule has 0 amide bonds. The van der Waals surface area contributed by atoms with Gasteiger partial charge in [-0.3, -0.25) is 4.98 Å². The third-order valence-corrected chi connectivity index (χ3v) is 3.32. The maximum atomic E-state index is 9.42. The van der Waals surface area contributed by atoms with Gasteiger partial charge < -0.3 is 15.5 Å². The monoisotopic (exact) mass is 222 g/mol. The normalized spacial score (nSPS) is 18.8. The van der Waals surface area contributed by atoms with E-state index >= 15 is 0 Å². The van der Waals surface area contributed by atoms with Crippen LogP contribution in [0.5, 0.6) is 5.75 Å². The molecule has 4 nitrogen and oxygen atoms in total. The van der Waals surface area contributed by atoms with Crippen molar-refractivity contribution in [2.45, 2.75) is 37.8 Å². The van der Waals surface area contributed by atoms with Crippen molar-refractivity contribution in [3.05, 3.63) is 24.0 Å². The number of aromatic hydroxyl groups is 1. The fourth-order valence-corrected chi connectivity index (χ4v) is 2.24. The van der Waals surface area contributed by atoms with E-state index in [1.165, 1.54) is 19.0 Å². The molecule has 1 aliphatic carbocycles. The van der Waals surface area contributed by atoms with Gasteiger partial charge in [0, 0.05) is 12.1 Å². The molecule has 1 heterocycles. The van der Waals surface area contributed by atoms with E-state index in [1.807, 2.05) is 0 Å². The number of nitrogens with one attached hydrogen (secondary N) is 1. The molecule has 1 saturated carbocycles. The Balaban J connectivity index is 1.93. The quantitative estimate of drug-likeness (QED) is 0.715. The van der Waals surface area contributed by atoms with E-state index in [1.54, 1.807) is 12.1 Å². The summed E-state index contributed by atoms with van der Waals surface area (Å²) < 4.78 is 0. The van der Waals surface area contributed by atoms with Crippen LogP contribution in [0.2, 0.25) is 0 Å². The van der Waals surface area contributed by atoms with Crippen LogP contribution >= 0.6 is 0 Å². The summed E-state index contributed by atoms with van der Waals surface area (Å²) in [6.45, 7) is 0.825. The average molecular weight is 222 g/mol. The second kappa shape index (κ2) is 4.80. The third kappa shape index (κ3) is 2.51. The Morgan fingerprint density at radius 2 is 2.06 bits per heavy atom. The van der Waals surface area contributed by atoms with Gasteiger partial charge in [0.15, 0.2) is 0 Å². The van der Waals surface area contributed by atoms with Gasteiger partial charge in [0.2, 0.25) is 0 Å². The summed E-state index contributed by atoms with van der Waals surface area (Å²) in [6, 6.07) is 3.42. The van der Waals surface area contributed by atoms with Crippen LogP contribution in [0.1, 0.15) is 31.4 Å². The maximum Gasteiger partial charge on any atom is 0.133 e. The first kappa shape index (κ1) is 11.4. The number of aliphatic hydroxyl groups is 1. The van der Waals surface area contributed by atoms with Crippen molar-refractivity contribution < 1.29 is 10.2 Å². The zero-order chi connectivity index (χ0) is 11.4. The van der Waals surface area contributed by atoms with E-state index in [4.69, 9.17) is 5.11 Å². The molecule has 3 N–H and O–H groups in total. The summed E-state index contributed by atoms with van der Waals surface area (Å²) in [6.07, 6.45) is 5.85. The van der Waals surface area contributed by atoms with Crippen LogP contribution in [0, 0.1) is 0 Å². The number of aliphatic hydroxyl groups excluding tert-OH is 1. The molecular formula is C12H18N2O2.